The molecular weight excluding hydrogens is 292 g/mol. The Morgan fingerprint density at radius 3 is 2.50 bits per heavy atom. The molecule has 0 aliphatic heterocycles. The van der Waals surface area contributed by atoms with Crippen LogP contribution in [0.1, 0.15) is 38.5 Å². The van der Waals surface area contributed by atoms with Gasteiger partial charge in [0, 0.05) is 25.0 Å². The first-order valence-corrected chi connectivity index (χ1v) is 7.55. The van der Waals surface area contributed by atoms with Crippen molar-refractivity contribution in [1.29, 1.82) is 0 Å². The summed E-state index contributed by atoms with van der Waals surface area (Å²) in [6.07, 6.45) is 11.1. The summed E-state index contributed by atoms with van der Waals surface area (Å²) in [7, 11) is 0. The molecule has 1 aromatic heterocycles. The molecule has 100 valence electrons. The second-order valence-corrected chi connectivity index (χ2v) is 5.74. The molecule has 0 amide bonds. The highest BCUT2D eigenvalue weighted by Gasteiger charge is 2.22. The van der Waals surface area contributed by atoms with Gasteiger partial charge in [-0.2, -0.15) is 0 Å². The van der Waals surface area contributed by atoms with Crippen LogP contribution in [0.5, 0.6) is 0 Å². The summed E-state index contributed by atoms with van der Waals surface area (Å²) in [6, 6.07) is 0.589. The first-order chi connectivity index (χ1) is 8.81. The van der Waals surface area contributed by atoms with E-state index in [4.69, 9.17) is 5.73 Å². The van der Waals surface area contributed by atoms with E-state index >= 15 is 0 Å². The second kappa shape index (κ2) is 7.04. The zero-order chi connectivity index (χ0) is 12.8. The van der Waals surface area contributed by atoms with E-state index < -0.39 is 0 Å². The van der Waals surface area contributed by atoms with Crippen molar-refractivity contribution in [3.63, 3.8) is 0 Å². The fourth-order valence-electron chi connectivity index (χ4n) is 2.55. The van der Waals surface area contributed by atoms with Crippen LogP contribution < -0.4 is 10.6 Å². The minimum Gasteiger partial charge on any atom is -0.338 e. The lowest BCUT2D eigenvalue weighted by molar-refractivity contribution is 0.409. The fraction of sp³-hybridized carbons (Fsp3) is 0.692. The normalized spacial score (nSPS) is 16.8. The topological polar surface area (TPSA) is 55.0 Å². The molecule has 1 saturated carbocycles. The number of anilines is 1. The summed E-state index contributed by atoms with van der Waals surface area (Å²) in [5.74, 6) is 0.846. The van der Waals surface area contributed by atoms with Crippen molar-refractivity contribution in [1.82, 2.24) is 9.97 Å². The van der Waals surface area contributed by atoms with Gasteiger partial charge in [0.05, 0.1) is 4.47 Å². The molecule has 1 aliphatic carbocycles. The number of aromatic nitrogens is 2. The van der Waals surface area contributed by atoms with Gasteiger partial charge in [0.15, 0.2) is 0 Å². The van der Waals surface area contributed by atoms with Crippen molar-refractivity contribution in [2.45, 2.75) is 44.6 Å². The lowest BCUT2D eigenvalue weighted by atomic mass is 9.94. The number of nitrogens with zero attached hydrogens (tertiary/aromatic N) is 3. The third-order valence-electron chi connectivity index (χ3n) is 3.48. The van der Waals surface area contributed by atoms with E-state index in [2.05, 4.69) is 30.8 Å². The smallest absolute Gasteiger partial charge is 0.225 e. The molecule has 0 atom stereocenters. The Kier molecular flexibility index (Phi) is 5.38. The molecule has 1 heterocycles. The summed E-state index contributed by atoms with van der Waals surface area (Å²) < 4.78 is 0.925. The number of rotatable bonds is 5. The van der Waals surface area contributed by atoms with Gasteiger partial charge in [-0.1, -0.05) is 19.3 Å². The van der Waals surface area contributed by atoms with Crippen LogP contribution >= 0.6 is 15.9 Å². The van der Waals surface area contributed by atoms with E-state index in [0.29, 0.717) is 6.04 Å². The monoisotopic (exact) mass is 312 g/mol. The van der Waals surface area contributed by atoms with E-state index in [-0.39, 0.29) is 0 Å². The van der Waals surface area contributed by atoms with Gasteiger partial charge in [0.1, 0.15) is 0 Å². The molecule has 1 aliphatic rings. The van der Waals surface area contributed by atoms with Crippen LogP contribution in [0.2, 0.25) is 0 Å². The Labute approximate surface area is 117 Å². The predicted octanol–water partition coefficient (Wildman–Crippen LogP) is 2.73. The molecule has 1 aromatic rings. The Balaban J connectivity index is 2.10. The second-order valence-electron chi connectivity index (χ2n) is 4.83. The van der Waals surface area contributed by atoms with Crippen LogP contribution in [-0.4, -0.2) is 29.1 Å². The van der Waals surface area contributed by atoms with Crippen LogP contribution in [0.15, 0.2) is 16.9 Å². The highest BCUT2D eigenvalue weighted by atomic mass is 79.9. The maximum absolute atomic E-state index is 5.63. The molecule has 2 N–H and O–H groups in total. The summed E-state index contributed by atoms with van der Waals surface area (Å²) in [5, 5.41) is 0. The standard InChI is InChI=1S/C13H21BrN4/c14-11-9-16-13(17-10-11)18(8-4-7-15)12-5-2-1-3-6-12/h9-10,12H,1-8,15H2. The van der Waals surface area contributed by atoms with Gasteiger partial charge in [-0.25, -0.2) is 9.97 Å². The van der Waals surface area contributed by atoms with E-state index in [0.717, 1.165) is 29.9 Å². The first-order valence-electron chi connectivity index (χ1n) is 6.75. The molecule has 0 bridgehead atoms. The average Bonchev–Trinajstić information content (AvgIpc) is 2.42. The van der Waals surface area contributed by atoms with Crippen LogP contribution in [-0.2, 0) is 0 Å². The van der Waals surface area contributed by atoms with Gasteiger partial charge in [-0.15, -0.1) is 0 Å². The van der Waals surface area contributed by atoms with Gasteiger partial charge in [-0.05, 0) is 41.7 Å². The lowest BCUT2D eigenvalue weighted by Crippen LogP contribution is -2.39. The van der Waals surface area contributed by atoms with E-state index in [1.165, 1.54) is 32.1 Å². The lowest BCUT2D eigenvalue weighted by Gasteiger charge is -2.34. The minimum atomic E-state index is 0.589. The van der Waals surface area contributed by atoms with Gasteiger partial charge < -0.3 is 10.6 Å². The van der Waals surface area contributed by atoms with Gasteiger partial charge in [-0.3, -0.25) is 0 Å². The van der Waals surface area contributed by atoms with Crippen molar-refractivity contribution in [3.8, 4) is 0 Å². The zero-order valence-electron chi connectivity index (χ0n) is 10.7. The van der Waals surface area contributed by atoms with Crippen molar-refractivity contribution >= 4 is 21.9 Å². The number of hydrogen-bond donors (Lipinski definition) is 1. The van der Waals surface area contributed by atoms with E-state index in [9.17, 15) is 0 Å². The quantitative estimate of drug-likeness (QED) is 0.908. The van der Waals surface area contributed by atoms with Crippen LogP contribution in [0, 0.1) is 0 Å². The number of hydrogen-bond acceptors (Lipinski definition) is 4. The SMILES string of the molecule is NCCCN(c1ncc(Br)cn1)C1CCCCC1. The maximum Gasteiger partial charge on any atom is 0.225 e. The predicted molar refractivity (Wildman–Crippen MR) is 77.6 cm³/mol. The van der Waals surface area contributed by atoms with Gasteiger partial charge in [0.25, 0.3) is 0 Å². The third kappa shape index (κ3) is 3.65. The molecule has 4 nitrogen and oxygen atoms in total. The molecule has 1 fully saturated rings. The van der Waals surface area contributed by atoms with Crippen molar-refractivity contribution < 1.29 is 0 Å². The summed E-state index contributed by atoms with van der Waals surface area (Å²) in [4.78, 5) is 11.2. The highest BCUT2D eigenvalue weighted by molar-refractivity contribution is 9.10. The molecule has 0 aromatic carbocycles. The largest absolute Gasteiger partial charge is 0.338 e. The van der Waals surface area contributed by atoms with Gasteiger partial charge >= 0.3 is 0 Å². The van der Waals surface area contributed by atoms with Crippen molar-refractivity contribution in [2.75, 3.05) is 18.0 Å². The maximum atomic E-state index is 5.63. The molecule has 2 rings (SSSR count). The van der Waals surface area contributed by atoms with Crippen molar-refractivity contribution in [2.24, 2.45) is 5.73 Å². The Morgan fingerprint density at radius 1 is 1.22 bits per heavy atom. The number of halogens is 1. The van der Waals surface area contributed by atoms with E-state index in [1.807, 2.05) is 12.4 Å². The Morgan fingerprint density at radius 2 is 1.89 bits per heavy atom. The highest BCUT2D eigenvalue weighted by Crippen LogP contribution is 2.25. The summed E-state index contributed by atoms with van der Waals surface area (Å²) >= 11 is 3.38. The summed E-state index contributed by atoms with van der Waals surface area (Å²) in [5.41, 5.74) is 5.63. The molecule has 0 radical (unpaired) electrons. The molecular formula is C13H21BrN4. The number of nitrogens with two attached hydrogens (primary N) is 1. The molecule has 5 heteroatoms. The van der Waals surface area contributed by atoms with Crippen LogP contribution in [0.25, 0.3) is 0 Å². The molecule has 0 unspecified atom stereocenters. The van der Waals surface area contributed by atoms with Gasteiger partial charge in [0.2, 0.25) is 5.95 Å². The first kappa shape index (κ1) is 13.7. The van der Waals surface area contributed by atoms with Crippen LogP contribution in [0.4, 0.5) is 5.95 Å². The van der Waals surface area contributed by atoms with Crippen molar-refractivity contribution in [3.05, 3.63) is 16.9 Å². The Hall–Kier alpha value is -0.680. The van der Waals surface area contributed by atoms with Crippen LogP contribution in [0.3, 0.4) is 0 Å². The molecule has 0 spiro atoms. The fourth-order valence-corrected chi connectivity index (χ4v) is 2.76. The molecule has 18 heavy (non-hydrogen) atoms. The van der Waals surface area contributed by atoms with E-state index in [1.54, 1.807) is 0 Å². The third-order valence-corrected chi connectivity index (χ3v) is 3.89. The summed E-state index contributed by atoms with van der Waals surface area (Å²) in [6.45, 7) is 1.68. The Bertz CT molecular complexity index is 349. The minimum absolute atomic E-state index is 0.589. The average molecular weight is 313 g/mol. The zero-order valence-corrected chi connectivity index (χ0v) is 12.3. The molecule has 0 saturated heterocycles.